The van der Waals surface area contributed by atoms with Gasteiger partial charge >= 0.3 is 0 Å². The van der Waals surface area contributed by atoms with Crippen LogP contribution in [0.5, 0.6) is 0 Å². The van der Waals surface area contributed by atoms with Crippen LogP contribution in [0.3, 0.4) is 0 Å². The number of carbonyl (C=O) groups is 1. The van der Waals surface area contributed by atoms with Crippen LogP contribution in [0.1, 0.15) is 23.9 Å². The van der Waals surface area contributed by atoms with Gasteiger partial charge in [0.25, 0.3) is 0 Å². The van der Waals surface area contributed by atoms with E-state index in [2.05, 4.69) is 5.10 Å². The van der Waals surface area contributed by atoms with Crippen LogP contribution in [0.25, 0.3) is 0 Å². The lowest BCUT2D eigenvalue weighted by molar-refractivity contribution is -0.107. The molecule has 0 spiro atoms. The molecule has 0 radical (unpaired) electrons. The Bertz CT molecular complexity index is 289. The molecular weight excluding hydrogens is 152 g/mol. The Morgan fingerprint density at radius 1 is 1.50 bits per heavy atom. The van der Waals surface area contributed by atoms with E-state index in [1.165, 1.54) is 0 Å². The van der Waals surface area contributed by atoms with Gasteiger partial charge in [0.2, 0.25) is 0 Å². The van der Waals surface area contributed by atoms with Crippen LogP contribution >= 0.6 is 0 Å². The predicted molar refractivity (Wildman–Crippen MR) is 47.1 cm³/mol. The van der Waals surface area contributed by atoms with Crippen molar-refractivity contribution in [1.29, 1.82) is 0 Å². The van der Waals surface area contributed by atoms with Gasteiger partial charge in [0, 0.05) is 24.2 Å². The molecule has 0 aromatic carbocycles. The molecule has 0 amide bonds. The lowest BCUT2D eigenvalue weighted by atomic mass is 10.1. The zero-order valence-corrected chi connectivity index (χ0v) is 7.79. The van der Waals surface area contributed by atoms with Gasteiger partial charge in [-0.15, -0.1) is 0 Å². The quantitative estimate of drug-likeness (QED) is 0.634. The van der Waals surface area contributed by atoms with Crippen molar-refractivity contribution in [2.24, 2.45) is 0 Å². The molecule has 1 aromatic rings. The SMILES string of the molecule is CCn1nc(C)c(CC=O)c1C. The normalized spacial score (nSPS) is 10.2. The molecule has 0 saturated heterocycles. The molecule has 0 bridgehead atoms. The van der Waals surface area contributed by atoms with Gasteiger partial charge in [-0.05, 0) is 20.8 Å². The number of hydrogen-bond acceptors (Lipinski definition) is 2. The maximum absolute atomic E-state index is 10.3. The average molecular weight is 166 g/mol. The second-order valence-electron chi connectivity index (χ2n) is 2.84. The molecule has 0 aliphatic carbocycles. The molecule has 0 aliphatic rings. The Hall–Kier alpha value is -1.12. The Morgan fingerprint density at radius 3 is 2.58 bits per heavy atom. The van der Waals surface area contributed by atoms with Crippen molar-refractivity contribution >= 4 is 6.29 Å². The van der Waals surface area contributed by atoms with Crippen molar-refractivity contribution in [2.45, 2.75) is 33.7 Å². The summed E-state index contributed by atoms with van der Waals surface area (Å²) in [6, 6.07) is 0. The van der Waals surface area contributed by atoms with E-state index in [-0.39, 0.29) is 0 Å². The van der Waals surface area contributed by atoms with Crippen LogP contribution in [0, 0.1) is 13.8 Å². The first-order valence-corrected chi connectivity index (χ1v) is 4.17. The maximum atomic E-state index is 10.3. The van der Waals surface area contributed by atoms with Crippen molar-refractivity contribution in [2.75, 3.05) is 0 Å². The van der Waals surface area contributed by atoms with Gasteiger partial charge in [-0.3, -0.25) is 4.68 Å². The molecular formula is C9H14N2O. The number of rotatable bonds is 3. The summed E-state index contributed by atoms with van der Waals surface area (Å²) in [4.78, 5) is 10.3. The average Bonchev–Trinajstić information content (AvgIpc) is 2.32. The second-order valence-corrected chi connectivity index (χ2v) is 2.84. The van der Waals surface area contributed by atoms with Crippen molar-refractivity contribution in [3.05, 3.63) is 17.0 Å². The Labute approximate surface area is 72.4 Å². The van der Waals surface area contributed by atoms with Gasteiger partial charge in [-0.2, -0.15) is 5.10 Å². The van der Waals surface area contributed by atoms with Crippen molar-refractivity contribution in [3.63, 3.8) is 0 Å². The summed E-state index contributed by atoms with van der Waals surface area (Å²) in [6.07, 6.45) is 1.41. The van der Waals surface area contributed by atoms with E-state index in [1.54, 1.807) is 0 Å². The number of aryl methyl sites for hydroxylation is 2. The van der Waals surface area contributed by atoms with E-state index in [0.29, 0.717) is 6.42 Å². The van der Waals surface area contributed by atoms with Gasteiger partial charge in [0.05, 0.1) is 5.69 Å². The van der Waals surface area contributed by atoms with E-state index in [1.807, 2.05) is 25.5 Å². The molecule has 0 unspecified atom stereocenters. The predicted octanol–water partition coefficient (Wildman–Crippen LogP) is 1.26. The molecule has 0 atom stereocenters. The van der Waals surface area contributed by atoms with E-state index in [0.717, 1.165) is 29.8 Å². The third-order valence-corrected chi connectivity index (χ3v) is 2.12. The first-order chi connectivity index (χ1) is 5.70. The molecule has 1 rings (SSSR count). The van der Waals surface area contributed by atoms with Gasteiger partial charge < -0.3 is 4.79 Å². The number of nitrogens with zero attached hydrogens (tertiary/aromatic N) is 2. The summed E-state index contributed by atoms with van der Waals surface area (Å²) in [5.74, 6) is 0. The number of aldehydes is 1. The summed E-state index contributed by atoms with van der Waals surface area (Å²) in [5.41, 5.74) is 3.16. The smallest absolute Gasteiger partial charge is 0.124 e. The van der Waals surface area contributed by atoms with Crippen LogP contribution in [0.2, 0.25) is 0 Å². The maximum Gasteiger partial charge on any atom is 0.124 e. The lowest BCUT2D eigenvalue weighted by Gasteiger charge is -1.98. The Balaban J connectivity index is 3.09. The van der Waals surface area contributed by atoms with Crippen LogP contribution in [0.15, 0.2) is 0 Å². The molecule has 0 aliphatic heterocycles. The minimum Gasteiger partial charge on any atom is -0.303 e. The Morgan fingerprint density at radius 2 is 2.17 bits per heavy atom. The molecule has 66 valence electrons. The standard InChI is InChI=1S/C9H14N2O/c1-4-11-8(3)9(5-6-12)7(2)10-11/h6H,4-5H2,1-3H3. The summed E-state index contributed by atoms with van der Waals surface area (Å²) < 4.78 is 1.92. The number of carbonyl (C=O) groups excluding carboxylic acids is 1. The van der Waals surface area contributed by atoms with E-state index in [9.17, 15) is 4.79 Å². The summed E-state index contributed by atoms with van der Waals surface area (Å²) >= 11 is 0. The fourth-order valence-corrected chi connectivity index (χ4v) is 1.42. The van der Waals surface area contributed by atoms with Gasteiger partial charge in [0.1, 0.15) is 6.29 Å². The highest BCUT2D eigenvalue weighted by Gasteiger charge is 2.08. The molecule has 0 N–H and O–H groups in total. The topological polar surface area (TPSA) is 34.9 Å². The summed E-state index contributed by atoms with van der Waals surface area (Å²) in [6.45, 7) is 6.86. The number of hydrogen-bond donors (Lipinski definition) is 0. The zero-order chi connectivity index (χ0) is 9.14. The first-order valence-electron chi connectivity index (χ1n) is 4.17. The molecule has 12 heavy (non-hydrogen) atoms. The highest BCUT2D eigenvalue weighted by Crippen LogP contribution is 2.12. The summed E-state index contributed by atoms with van der Waals surface area (Å²) in [7, 11) is 0. The van der Waals surface area contributed by atoms with Crippen molar-refractivity contribution in [3.8, 4) is 0 Å². The molecule has 1 aromatic heterocycles. The van der Waals surface area contributed by atoms with Crippen molar-refractivity contribution < 1.29 is 4.79 Å². The first kappa shape index (κ1) is 8.97. The largest absolute Gasteiger partial charge is 0.303 e. The van der Waals surface area contributed by atoms with Crippen LogP contribution in [0.4, 0.5) is 0 Å². The van der Waals surface area contributed by atoms with Crippen LogP contribution in [-0.2, 0) is 17.8 Å². The highest BCUT2D eigenvalue weighted by atomic mass is 16.1. The molecule has 3 heteroatoms. The number of aromatic nitrogens is 2. The van der Waals surface area contributed by atoms with Crippen LogP contribution < -0.4 is 0 Å². The minimum absolute atomic E-state index is 0.484. The fraction of sp³-hybridized carbons (Fsp3) is 0.556. The zero-order valence-electron chi connectivity index (χ0n) is 7.79. The lowest BCUT2D eigenvalue weighted by Crippen LogP contribution is -1.99. The third-order valence-electron chi connectivity index (χ3n) is 2.12. The highest BCUT2D eigenvalue weighted by molar-refractivity contribution is 5.56. The molecule has 1 heterocycles. The van der Waals surface area contributed by atoms with E-state index >= 15 is 0 Å². The monoisotopic (exact) mass is 166 g/mol. The molecule has 3 nitrogen and oxygen atoms in total. The molecule has 0 saturated carbocycles. The fourth-order valence-electron chi connectivity index (χ4n) is 1.42. The van der Waals surface area contributed by atoms with E-state index in [4.69, 9.17) is 0 Å². The van der Waals surface area contributed by atoms with Crippen LogP contribution in [-0.4, -0.2) is 16.1 Å². The van der Waals surface area contributed by atoms with Crippen molar-refractivity contribution in [1.82, 2.24) is 9.78 Å². The molecule has 0 fully saturated rings. The third kappa shape index (κ3) is 1.40. The second kappa shape index (κ2) is 3.52. The van der Waals surface area contributed by atoms with Gasteiger partial charge in [0.15, 0.2) is 0 Å². The Kier molecular flexibility index (Phi) is 2.63. The van der Waals surface area contributed by atoms with Gasteiger partial charge in [-0.25, -0.2) is 0 Å². The van der Waals surface area contributed by atoms with E-state index < -0.39 is 0 Å². The minimum atomic E-state index is 0.484. The summed E-state index contributed by atoms with van der Waals surface area (Å²) in [5, 5.41) is 4.31. The van der Waals surface area contributed by atoms with Gasteiger partial charge in [-0.1, -0.05) is 0 Å².